The number of benzene rings is 3. The third kappa shape index (κ3) is 5.98. The Morgan fingerprint density at radius 3 is 2.32 bits per heavy atom. The topological polar surface area (TPSA) is 81.1 Å². The van der Waals surface area contributed by atoms with Crippen LogP contribution in [-0.2, 0) is 0 Å². The molecule has 2 amide bonds. The minimum atomic E-state index is -4.75. The summed E-state index contributed by atoms with van der Waals surface area (Å²) >= 11 is 12.2. The predicted octanol–water partition coefficient (Wildman–Crippen LogP) is 6.82. The van der Waals surface area contributed by atoms with Gasteiger partial charge >= 0.3 is 12.4 Å². The number of nitrogens with zero attached hydrogens (tertiary/aromatic N) is 3. The molecule has 1 heterocycles. The molecule has 12 heteroatoms. The Morgan fingerprint density at radius 2 is 1.68 bits per heavy atom. The van der Waals surface area contributed by atoms with Crippen LogP contribution in [0.3, 0.4) is 0 Å². The Bertz CT molecular complexity index is 1410. The van der Waals surface area contributed by atoms with Crippen LogP contribution in [0.1, 0.15) is 17.9 Å². The second kappa shape index (κ2) is 9.95. The number of halogens is 5. The van der Waals surface area contributed by atoms with Crippen LogP contribution < -0.4 is 15.4 Å². The summed E-state index contributed by atoms with van der Waals surface area (Å²) in [5.74, 6) is 0.318. The summed E-state index contributed by atoms with van der Waals surface area (Å²) in [6, 6.07) is 17.6. The van der Waals surface area contributed by atoms with Gasteiger partial charge in [0, 0.05) is 17.5 Å². The fourth-order valence-corrected chi connectivity index (χ4v) is 4.35. The molecule has 0 radical (unpaired) electrons. The second-order valence-corrected chi connectivity index (χ2v) is 9.13. The molecule has 1 fully saturated rings. The van der Waals surface area contributed by atoms with E-state index in [1.54, 1.807) is 18.2 Å². The van der Waals surface area contributed by atoms with Crippen molar-refractivity contribution in [3.05, 3.63) is 88.7 Å². The molecule has 4 aromatic rings. The smallest absolute Gasteiger partial charge is 0.406 e. The van der Waals surface area contributed by atoms with Gasteiger partial charge in [0.25, 0.3) is 0 Å². The van der Waals surface area contributed by atoms with Gasteiger partial charge in [-0.05, 0) is 48.4 Å². The molecular weight excluding hydrogens is 530 g/mol. The molecule has 190 valence electrons. The minimum Gasteiger partial charge on any atom is -0.406 e. The van der Waals surface area contributed by atoms with E-state index in [1.807, 2.05) is 24.3 Å². The Hall–Kier alpha value is -3.76. The normalized spacial score (nSPS) is 16.8. The fourth-order valence-electron chi connectivity index (χ4n) is 3.86. The lowest BCUT2D eigenvalue weighted by Gasteiger charge is -2.10. The first-order valence-corrected chi connectivity index (χ1v) is 11.8. The quantitative estimate of drug-likeness (QED) is 0.277. The monoisotopic (exact) mass is 547 g/mol. The highest BCUT2D eigenvalue weighted by atomic mass is 35.5. The number of aromatic nitrogens is 3. The van der Waals surface area contributed by atoms with Crippen LogP contribution in [0.2, 0.25) is 10.0 Å². The summed E-state index contributed by atoms with van der Waals surface area (Å²) in [4.78, 5) is 16.7. The van der Waals surface area contributed by atoms with Crippen molar-refractivity contribution in [3.8, 4) is 22.8 Å². The first kappa shape index (κ1) is 24.9. The molecule has 1 aliphatic carbocycles. The lowest BCUT2D eigenvalue weighted by Crippen LogP contribution is -2.31. The van der Waals surface area contributed by atoms with E-state index >= 15 is 0 Å². The molecule has 0 aliphatic heterocycles. The van der Waals surface area contributed by atoms with Crippen LogP contribution in [0.5, 0.6) is 5.75 Å². The molecule has 1 aliphatic rings. The van der Waals surface area contributed by atoms with Gasteiger partial charge in [0.05, 0.1) is 21.4 Å². The Balaban J connectivity index is 1.18. The van der Waals surface area contributed by atoms with Crippen molar-refractivity contribution in [2.75, 3.05) is 5.32 Å². The second-order valence-electron chi connectivity index (χ2n) is 8.32. The molecule has 2 N–H and O–H groups in total. The maximum absolute atomic E-state index is 12.4. The largest absolute Gasteiger partial charge is 0.573 e. The van der Waals surface area contributed by atoms with Gasteiger partial charge in [-0.2, -0.15) is 0 Å². The zero-order valence-corrected chi connectivity index (χ0v) is 20.3. The van der Waals surface area contributed by atoms with Crippen molar-refractivity contribution in [2.45, 2.75) is 24.7 Å². The molecule has 37 heavy (non-hydrogen) atoms. The van der Waals surface area contributed by atoms with E-state index in [-0.39, 0.29) is 23.7 Å². The molecule has 1 aromatic heterocycles. The third-order valence-corrected chi connectivity index (χ3v) is 6.36. The van der Waals surface area contributed by atoms with Gasteiger partial charge in [-0.15, -0.1) is 18.3 Å². The first-order valence-electron chi connectivity index (χ1n) is 11.1. The number of hydrogen-bond donors (Lipinski definition) is 2. The Morgan fingerprint density at radius 1 is 1.00 bits per heavy atom. The molecule has 1 saturated carbocycles. The van der Waals surface area contributed by atoms with Crippen LogP contribution in [0.15, 0.2) is 73.1 Å². The van der Waals surface area contributed by atoms with Crippen LogP contribution in [-0.4, -0.2) is 33.2 Å². The van der Waals surface area contributed by atoms with E-state index < -0.39 is 6.36 Å². The van der Waals surface area contributed by atoms with Crippen LogP contribution in [0.4, 0.5) is 23.7 Å². The van der Waals surface area contributed by atoms with Crippen molar-refractivity contribution < 1.29 is 22.7 Å². The summed E-state index contributed by atoms with van der Waals surface area (Å²) in [6.07, 6.45) is -2.47. The molecule has 0 saturated heterocycles. The lowest BCUT2D eigenvalue weighted by atomic mass is 10.1. The first-order chi connectivity index (χ1) is 17.7. The molecule has 0 bridgehead atoms. The van der Waals surface area contributed by atoms with E-state index in [2.05, 4.69) is 25.5 Å². The van der Waals surface area contributed by atoms with Crippen molar-refractivity contribution >= 4 is 34.9 Å². The highest BCUT2D eigenvalue weighted by molar-refractivity contribution is 6.39. The van der Waals surface area contributed by atoms with Crippen molar-refractivity contribution in [3.63, 3.8) is 0 Å². The van der Waals surface area contributed by atoms with E-state index in [0.717, 1.165) is 17.5 Å². The highest BCUT2D eigenvalue weighted by Crippen LogP contribution is 2.41. The summed E-state index contributed by atoms with van der Waals surface area (Å²) in [7, 11) is 0. The number of nitrogens with one attached hydrogen (secondary N) is 2. The summed E-state index contributed by atoms with van der Waals surface area (Å²) in [6.45, 7) is 0. The molecule has 5 rings (SSSR count). The van der Waals surface area contributed by atoms with Gasteiger partial charge in [-0.25, -0.2) is 14.5 Å². The molecular formula is C25H18Cl2F3N5O2. The average Bonchev–Trinajstić information content (AvgIpc) is 3.43. The fraction of sp³-hybridized carbons (Fsp3) is 0.160. The number of carbonyl (C=O) groups excluding carboxylic acids is 1. The zero-order valence-electron chi connectivity index (χ0n) is 18.8. The van der Waals surface area contributed by atoms with Gasteiger partial charge in [0.1, 0.15) is 12.1 Å². The van der Waals surface area contributed by atoms with E-state index in [4.69, 9.17) is 23.2 Å². The molecule has 0 spiro atoms. The number of hydrogen-bond acceptors (Lipinski definition) is 4. The number of carbonyl (C=O) groups is 1. The van der Waals surface area contributed by atoms with Gasteiger partial charge in [0.2, 0.25) is 0 Å². The van der Waals surface area contributed by atoms with Gasteiger partial charge in [0.15, 0.2) is 5.82 Å². The molecule has 2 unspecified atom stereocenters. The minimum absolute atomic E-state index is 0.0197. The number of anilines is 1. The Labute approximate surface area is 219 Å². The van der Waals surface area contributed by atoms with Crippen molar-refractivity contribution in [2.24, 2.45) is 0 Å². The van der Waals surface area contributed by atoms with Crippen LogP contribution in [0, 0.1) is 0 Å². The molecule has 7 nitrogen and oxygen atoms in total. The van der Waals surface area contributed by atoms with Crippen molar-refractivity contribution in [1.29, 1.82) is 0 Å². The van der Waals surface area contributed by atoms with E-state index in [9.17, 15) is 18.0 Å². The Kier molecular flexibility index (Phi) is 6.70. The third-order valence-electron chi connectivity index (χ3n) is 5.73. The number of alkyl halides is 3. The van der Waals surface area contributed by atoms with E-state index in [1.165, 1.54) is 35.3 Å². The summed E-state index contributed by atoms with van der Waals surface area (Å²) in [5.41, 5.74) is 2.73. The maximum atomic E-state index is 12.4. The number of urea groups is 1. The van der Waals surface area contributed by atoms with Gasteiger partial charge in [-0.1, -0.05) is 53.5 Å². The number of para-hydroxylation sites is 1. The van der Waals surface area contributed by atoms with Crippen LogP contribution in [0.25, 0.3) is 17.1 Å². The SMILES string of the molecule is O=C(Nc1c(Cl)cccc1Cl)NC1CC1c1ccc(-c2ncn(-c3ccc(OC(F)(F)F)cc3)n2)cc1. The summed E-state index contributed by atoms with van der Waals surface area (Å²) in [5, 5.41) is 10.7. The molecule has 2 atom stereocenters. The maximum Gasteiger partial charge on any atom is 0.573 e. The van der Waals surface area contributed by atoms with Gasteiger partial charge < -0.3 is 15.4 Å². The zero-order chi connectivity index (χ0) is 26.2. The van der Waals surface area contributed by atoms with Crippen LogP contribution >= 0.6 is 23.2 Å². The standard InChI is InChI=1S/C25H18Cl2F3N5O2/c26-19-2-1-3-20(27)22(19)33-24(36)32-21-12-18(21)14-4-6-15(7-5-14)23-31-13-35(34-23)16-8-10-17(11-9-16)37-25(28,29)30/h1-11,13,18,21H,12H2,(H2,32,33,36). The lowest BCUT2D eigenvalue weighted by molar-refractivity contribution is -0.274. The number of amides is 2. The summed E-state index contributed by atoms with van der Waals surface area (Å²) < 4.78 is 42.4. The van der Waals surface area contributed by atoms with Crippen molar-refractivity contribution in [1.82, 2.24) is 20.1 Å². The van der Waals surface area contributed by atoms with E-state index in [0.29, 0.717) is 27.2 Å². The number of rotatable bonds is 6. The average molecular weight is 548 g/mol. The number of ether oxygens (including phenoxy) is 1. The highest BCUT2D eigenvalue weighted by Gasteiger charge is 2.39. The van der Waals surface area contributed by atoms with Gasteiger partial charge in [-0.3, -0.25) is 0 Å². The molecule has 3 aromatic carbocycles. The predicted molar refractivity (Wildman–Crippen MR) is 133 cm³/mol.